The predicted molar refractivity (Wildman–Crippen MR) is 82.1 cm³/mol. The summed E-state index contributed by atoms with van der Waals surface area (Å²) >= 11 is 6.03. The highest BCUT2D eigenvalue weighted by atomic mass is 35.5. The molecule has 0 radical (unpaired) electrons. The highest BCUT2D eigenvalue weighted by Crippen LogP contribution is 2.34. The second-order valence-corrected chi connectivity index (χ2v) is 4.93. The molecule has 1 aromatic carbocycles. The van der Waals surface area contributed by atoms with Gasteiger partial charge in [0, 0.05) is 23.2 Å². The van der Waals surface area contributed by atoms with Crippen molar-refractivity contribution in [3.05, 3.63) is 22.7 Å². The minimum absolute atomic E-state index is 0.154. The van der Waals surface area contributed by atoms with Gasteiger partial charge >= 0.3 is 5.97 Å². The third-order valence-corrected chi connectivity index (χ3v) is 3.00. The summed E-state index contributed by atoms with van der Waals surface area (Å²) in [7, 11) is 3.34. The van der Waals surface area contributed by atoms with E-state index in [0.29, 0.717) is 29.7 Å². The number of hydrogen-bond acceptors (Lipinski definition) is 5. The molecule has 0 aliphatic carbocycles. The van der Waals surface area contributed by atoms with E-state index in [2.05, 4.69) is 5.32 Å². The zero-order valence-corrected chi connectivity index (χ0v) is 13.5. The number of hydrogen-bond donors (Lipinski definition) is 1. The first-order valence-electron chi connectivity index (χ1n) is 6.91. The first kappa shape index (κ1) is 17.6. The van der Waals surface area contributed by atoms with Crippen LogP contribution in [0.2, 0.25) is 5.02 Å². The number of carbonyl (C=O) groups is 1. The average Bonchev–Trinajstić information content (AvgIpc) is 2.46. The van der Waals surface area contributed by atoms with Crippen molar-refractivity contribution < 1.29 is 19.0 Å². The third kappa shape index (κ3) is 5.81. The first-order valence-corrected chi connectivity index (χ1v) is 7.29. The Morgan fingerprint density at radius 2 is 2.14 bits per heavy atom. The summed E-state index contributed by atoms with van der Waals surface area (Å²) < 4.78 is 15.9. The minimum atomic E-state index is -0.393. The lowest BCUT2D eigenvalue weighted by atomic mass is 10.2. The molecular formula is C15H22ClNO4. The quantitative estimate of drug-likeness (QED) is 0.561. The number of halogens is 1. The van der Waals surface area contributed by atoms with E-state index in [1.54, 1.807) is 12.1 Å². The molecule has 0 saturated heterocycles. The number of carbonyl (C=O) groups excluding carboxylic acids is 1. The normalized spacial score (nSPS) is 10.3. The molecule has 0 bridgehead atoms. The number of benzene rings is 1. The van der Waals surface area contributed by atoms with E-state index < -0.39 is 5.97 Å². The van der Waals surface area contributed by atoms with Crippen LogP contribution in [-0.2, 0) is 16.1 Å². The molecular weight excluding hydrogens is 294 g/mol. The maximum Gasteiger partial charge on any atom is 0.344 e. The van der Waals surface area contributed by atoms with Gasteiger partial charge in [0.2, 0.25) is 0 Å². The minimum Gasteiger partial charge on any atom is -0.493 e. The van der Waals surface area contributed by atoms with Crippen molar-refractivity contribution in [2.75, 3.05) is 27.4 Å². The molecule has 0 spiro atoms. The Labute approximate surface area is 130 Å². The van der Waals surface area contributed by atoms with E-state index in [-0.39, 0.29) is 6.61 Å². The fourth-order valence-corrected chi connectivity index (χ4v) is 1.99. The van der Waals surface area contributed by atoms with Crippen molar-refractivity contribution in [1.29, 1.82) is 0 Å². The van der Waals surface area contributed by atoms with Crippen LogP contribution in [-0.4, -0.2) is 33.3 Å². The molecule has 5 nitrogen and oxygen atoms in total. The van der Waals surface area contributed by atoms with E-state index in [0.717, 1.165) is 18.4 Å². The highest BCUT2D eigenvalue weighted by molar-refractivity contribution is 6.30. The Balaban J connectivity index is 2.74. The van der Waals surface area contributed by atoms with Gasteiger partial charge in [-0.3, -0.25) is 0 Å². The summed E-state index contributed by atoms with van der Waals surface area (Å²) in [6, 6.07) is 3.43. The molecule has 0 fully saturated rings. The van der Waals surface area contributed by atoms with Crippen LogP contribution < -0.4 is 14.8 Å². The molecule has 1 N–H and O–H groups in total. The summed E-state index contributed by atoms with van der Waals surface area (Å²) in [5.41, 5.74) is 0.822. The smallest absolute Gasteiger partial charge is 0.344 e. The van der Waals surface area contributed by atoms with Gasteiger partial charge in [0.1, 0.15) is 0 Å². The molecule has 0 amide bonds. The summed E-state index contributed by atoms with van der Waals surface area (Å²) in [6.07, 6.45) is 1.83. The Morgan fingerprint density at radius 1 is 1.38 bits per heavy atom. The molecule has 0 aliphatic rings. The van der Waals surface area contributed by atoms with Gasteiger partial charge in [0.15, 0.2) is 18.1 Å². The van der Waals surface area contributed by atoms with Crippen molar-refractivity contribution in [3.8, 4) is 11.5 Å². The lowest BCUT2D eigenvalue weighted by Gasteiger charge is -2.15. The molecule has 0 atom stereocenters. The van der Waals surface area contributed by atoms with Crippen molar-refractivity contribution in [1.82, 2.24) is 5.32 Å². The molecule has 0 heterocycles. The number of nitrogens with one attached hydrogen (secondary N) is 1. The summed E-state index contributed by atoms with van der Waals surface area (Å²) in [4.78, 5) is 11.6. The van der Waals surface area contributed by atoms with Gasteiger partial charge in [-0.2, -0.15) is 0 Å². The Kier molecular flexibility index (Phi) is 7.93. The monoisotopic (exact) mass is 315 g/mol. The van der Waals surface area contributed by atoms with Crippen molar-refractivity contribution in [2.24, 2.45) is 0 Å². The van der Waals surface area contributed by atoms with Crippen molar-refractivity contribution in [3.63, 3.8) is 0 Å². The van der Waals surface area contributed by atoms with Gasteiger partial charge < -0.3 is 19.5 Å². The van der Waals surface area contributed by atoms with Gasteiger partial charge in [-0.05, 0) is 19.5 Å². The van der Waals surface area contributed by atoms with E-state index >= 15 is 0 Å². The van der Waals surface area contributed by atoms with Crippen LogP contribution in [0.3, 0.4) is 0 Å². The van der Waals surface area contributed by atoms with E-state index in [9.17, 15) is 4.79 Å². The molecule has 0 aromatic heterocycles. The van der Waals surface area contributed by atoms with Gasteiger partial charge in [-0.1, -0.05) is 24.9 Å². The SMILES string of the molecule is CCCCOC(=O)COc1c(CNC)cc(Cl)cc1OC. The number of ether oxygens (including phenoxy) is 3. The second kappa shape index (κ2) is 9.47. The summed E-state index contributed by atoms with van der Waals surface area (Å²) in [5.74, 6) is 0.605. The fraction of sp³-hybridized carbons (Fsp3) is 0.533. The lowest BCUT2D eigenvalue weighted by molar-refractivity contribution is -0.146. The van der Waals surface area contributed by atoms with Crippen LogP contribution in [0.15, 0.2) is 12.1 Å². The zero-order chi connectivity index (χ0) is 15.7. The van der Waals surface area contributed by atoms with Crippen LogP contribution in [0.5, 0.6) is 11.5 Å². The maximum atomic E-state index is 11.6. The van der Waals surface area contributed by atoms with Gasteiger partial charge in [0.25, 0.3) is 0 Å². The lowest BCUT2D eigenvalue weighted by Crippen LogP contribution is -2.17. The summed E-state index contributed by atoms with van der Waals surface area (Å²) in [5, 5.41) is 3.57. The molecule has 6 heteroatoms. The average molecular weight is 316 g/mol. The Hall–Kier alpha value is -1.46. The molecule has 118 valence electrons. The molecule has 0 saturated carbocycles. The van der Waals surface area contributed by atoms with E-state index in [1.807, 2.05) is 14.0 Å². The Morgan fingerprint density at radius 3 is 2.76 bits per heavy atom. The Bertz CT molecular complexity index is 465. The van der Waals surface area contributed by atoms with Gasteiger partial charge in [-0.25, -0.2) is 4.79 Å². The van der Waals surface area contributed by atoms with Gasteiger partial charge in [-0.15, -0.1) is 0 Å². The van der Waals surface area contributed by atoms with Crippen LogP contribution in [0.1, 0.15) is 25.3 Å². The first-order chi connectivity index (χ1) is 10.1. The van der Waals surface area contributed by atoms with Crippen LogP contribution in [0, 0.1) is 0 Å². The number of unbranched alkanes of at least 4 members (excludes halogenated alkanes) is 1. The number of rotatable bonds is 9. The zero-order valence-electron chi connectivity index (χ0n) is 12.7. The molecule has 1 aromatic rings. The van der Waals surface area contributed by atoms with Crippen molar-refractivity contribution in [2.45, 2.75) is 26.3 Å². The largest absolute Gasteiger partial charge is 0.493 e. The van der Waals surface area contributed by atoms with Crippen molar-refractivity contribution >= 4 is 17.6 Å². The highest BCUT2D eigenvalue weighted by Gasteiger charge is 2.14. The van der Waals surface area contributed by atoms with Crippen LogP contribution in [0.25, 0.3) is 0 Å². The molecule has 0 unspecified atom stereocenters. The van der Waals surface area contributed by atoms with E-state index in [4.69, 9.17) is 25.8 Å². The molecule has 21 heavy (non-hydrogen) atoms. The third-order valence-electron chi connectivity index (χ3n) is 2.78. The molecule has 0 aliphatic heterocycles. The maximum absolute atomic E-state index is 11.6. The second-order valence-electron chi connectivity index (χ2n) is 4.49. The standard InChI is InChI=1S/C15H22ClNO4/c1-4-5-6-20-14(18)10-21-15-11(9-17-2)7-12(16)8-13(15)19-3/h7-8,17H,4-6,9-10H2,1-3H3. The van der Waals surface area contributed by atoms with Crippen LogP contribution >= 0.6 is 11.6 Å². The number of esters is 1. The number of methoxy groups -OCH3 is 1. The molecule has 1 rings (SSSR count). The van der Waals surface area contributed by atoms with Gasteiger partial charge in [0.05, 0.1) is 13.7 Å². The predicted octanol–water partition coefficient (Wildman–Crippen LogP) is 2.79. The van der Waals surface area contributed by atoms with Crippen LogP contribution in [0.4, 0.5) is 0 Å². The fourth-order valence-electron chi connectivity index (χ4n) is 1.76. The summed E-state index contributed by atoms with van der Waals surface area (Å²) in [6.45, 7) is 2.85. The van der Waals surface area contributed by atoms with E-state index in [1.165, 1.54) is 7.11 Å². The topological polar surface area (TPSA) is 56.8 Å².